The summed E-state index contributed by atoms with van der Waals surface area (Å²) in [5.74, 6) is -0.788. The minimum atomic E-state index is -0.358. The molecule has 0 unspecified atom stereocenters. The number of nitrogens with one attached hydrogen (secondary N) is 3. The number of amides is 3. The minimum absolute atomic E-state index is 0.0663. The zero-order chi connectivity index (χ0) is 15.0. The van der Waals surface area contributed by atoms with Crippen molar-refractivity contribution < 1.29 is 14.4 Å². The number of benzene rings is 1. The smallest absolute Gasteiger partial charge is 0.251 e. The predicted molar refractivity (Wildman–Crippen MR) is 76.4 cm³/mol. The molecule has 0 aromatic heterocycles. The van der Waals surface area contributed by atoms with Crippen molar-refractivity contribution in [3.63, 3.8) is 0 Å². The number of anilines is 1. The van der Waals surface area contributed by atoms with E-state index < -0.39 is 0 Å². The standard InChI is InChI=1S/C14H19N3O3/c1-3-7-15-13(19)9-16-14(20)11-5-4-6-12(8-11)17-10(2)18/h4-6,8H,3,7,9H2,1-2H3,(H,15,19)(H,16,20)(H,17,18). The maximum atomic E-state index is 11.9. The lowest BCUT2D eigenvalue weighted by Crippen LogP contribution is -2.37. The SMILES string of the molecule is CCCNC(=O)CNC(=O)c1cccc(NC(C)=O)c1. The molecule has 0 fully saturated rings. The van der Waals surface area contributed by atoms with Gasteiger partial charge in [-0.3, -0.25) is 14.4 Å². The van der Waals surface area contributed by atoms with Crippen molar-refractivity contribution in [2.24, 2.45) is 0 Å². The molecule has 0 atom stereocenters. The van der Waals surface area contributed by atoms with Gasteiger partial charge in [-0.2, -0.15) is 0 Å². The van der Waals surface area contributed by atoms with Gasteiger partial charge in [-0.05, 0) is 24.6 Å². The van der Waals surface area contributed by atoms with E-state index in [-0.39, 0.29) is 24.3 Å². The number of hydrogen-bond donors (Lipinski definition) is 3. The van der Waals surface area contributed by atoms with Crippen LogP contribution in [0.25, 0.3) is 0 Å². The fourth-order valence-corrected chi connectivity index (χ4v) is 1.53. The molecule has 3 N–H and O–H groups in total. The second kappa shape index (κ2) is 7.93. The molecule has 0 aliphatic carbocycles. The van der Waals surface area contributed by atoms with E-state index in [4.69, 9.17) is 0 Å². The quantitative estimate of drug-likeness (QED) is 0.722. The van der Waals surface area contributed by atoms with Gasteiger partial charge in [-0.15, -0.1) is 0 Å². The Morgan fingerprint density at radius 2 is 1.90 bits per heavy atom. The summed E-state index contributed by atoms with van der Waals surface area (Å²) in [6.07, 6.45) is 0.846. The van der Waals surface area contributed by atoms with E-state index >= 15 is 0 Å². The molecular weight excluding hydrogens is 258 g/mol. The Labute approximate surface area is 117 Å². The third-order valence-corrected chi connectivity index (χ3v) is 2.43. The first-order valence-corrected chi connectivity index (χ1v) is 6.45. The summed E-state index contributed by atoms with van der Waals surface area (Å²) in [7, 11) is 0. The van der Waals surface area contributed by atoms with Crippen LogP contribution in [0.5, 0.6) is 0 Å². The second-order valence-electron chi connectivity index (χ2n) is 4.29. The topological polar surface area (TPSA) is 87.3 Å². The van der Waals surface area contributed by atoms with Crippen LogP contribution in [0.1, 0.15) is 30.6 Å². The molecule has 1 aromatic rings. The Hall–Kier alpha value is -2.37. The van der Waals surface area contributed by atoms with Crippen LogP contribution in [-0.2, 0) is 9.59 Å². The first-order chi connectivity index (χ1) is 9.52. The molecule has 0 aliphatic heterocycles. The van der Waals surface area contributed by atoms with Crippen molar-refractivity contribution in [1.29, 1.82) is 0 Å². The normalized spacial score (nSPS) is 9.70. The van der Waals surface area contributed by atoms with Gasteiger partial charge in [0, 0.05) is 24.7 Å². The highest BCUT2D eigenvalue weighted by Gasteiger charge is 2.08. The summed E-state index contributed by atoms with van der Waals surface area (Å²) in [5.41, 5.74) is 0.931. The van der Waals surface area contributed by atoms with E-state index in [1.54, 1.807) is 24.3 Å². The summed E-state index contributed by atoms with van der Waals surface area (Å²) in [4.78, 5) is 34.2. The van der Waals surface area contributed by atoms with Crippen molar-refractivity contribution in [1.82, 2.24) is 10.6 Å². The summed E-state index contributed by atoms with van der Waals surface area (Å²) in [5, 5.41) is 7.79. The van der Waals surface area contributed by atoms with Crippen LogP contribution in [0.3, 0.4) is 0 Å². The van der Waals surface area contributed by atoms with Crippen LogP contribution in [0.15, 0.2) is 24.3 Å². The first kappa shape index (κ1) is 15.7. The van der Waals surface area contributed by atoms with E-state index in [2.05, 4.69) is 16.0 Å². The lowest BCUT2D eigenvalue weighted by molar-refractivity contribution is -0.120. The van der Waals surface area contributed by atoms with Crippen LogP contribution >= 0.6 is 0 Å². The van der Waals surface area contributed by atoms with Gasteiger partial charge in [0.05, 0.1) is 6.54 Å². The van der Waals surface area contributed by atoms with E-state index in [1.165, 1.54) is 6.92 Å². The number of rotatable bonds is 6. The molecule has 6 nitrogen and oxygen atoms in total. The zero-order valence-electron chi connectivity index (χ0n) is 11.7. The van der Waals surface area contributed by atoms with E-state index in [1.807, 2.05) is 6.92 Å². The Morgan fingerprint density at radius 1 is 1.15 bits per heavy atom. The van der Waals surface area contributed by atoms with E-state index in [0.29, 0.717) is 17.8 Å². The Kier molecular flexibility index (Phi) is 6.22. The molecule has 0 saturated carbocycles. The number of hydrogen-bond acceptors (Lipinski definition) is 3. The summed E-state index contributed by atoms with van der Waals surface area (Å²) in [6, 6.07) is 6.52. The fourth-order valence-electron chi connectivity index (χ4n) is 1.53. The highest BCUT2D eigenvalue weighted by molar-refractivity contribution is 5.98. The lowest BCUT2D eigenvalue weighted by atomic mass is 10.2. The van der Waals surface area contributed by atoms with Crippen LogP contribution in [0.4, 0.5) is 5.69 Å². The van der Waals surface area contributed by atoms with Crippen LogP contribution in [0, 0.1) is 0 Å². The molecular formula is C14H19N3O3. The number of carbonyl (C=O) groups excluding carboxylic acids is 3. The van der Waals surface area contributed by atoms with E-state index in [0.717, 1.165) is 6.42 Å². The van der Waals surface area contributed by atoms with Crippen molar-refractivity contribution in [2.45, 2.75) is 20.3 Å². The molecule has 0 heterocycles. The maximum Gasteiger partial charge on any atom is 0.251 e. The third kappa shape index (κ3) is 5.51. The highest BCUT2D eigenvalue weighted by atomic mass is 16.2. The first-order valence-electron chi connectivity index (χ1n) is 6.45. The second-order valence-corrected chi connectivity index (χ2v) is 4.29. The molecule has 0 spiro atoms. The molecule has 108 valence electrons. The molecule has 0 radical (unpaired) electrons. The van der Waals surface area contributed by atoms with Crippen molar-refractivity contribution >= 4 is 23.4 Å². The van der Waals surface area contributed by atoms with Gasteiger partial charge >= 0.3 is 0 Å². The zero-order valence-corrected chi connectivity index (χ0v) is 11.7. The minimum Gasteiger partial charge on any atom is -0.355 e. The van der Waals surface area contributed by atoms with Crippen LogP contribution in [0.2, 0.25) is 0 Å². The molecule has 0 saturated heterocycles. The van der Waals surface area contributed by atoms with Crippen LogP contribution in [-0.4, -0.2) is 30.8 Å². The summed E-state index contributed by atoms with van der Waals surface area (Å²) in [6.45, 7) is 3.87. The molecule has 3 amide bonds. The van der Waals surface area contributed by atoms with Gasteiger partial charge in [-0.25, -0.2) is 0 Å². The maximum absolute atomic E-state index is 11.9. The average Bonchev–Trinajstić information content (AvgIpc) is 2.42. The predicted octanol–water partition coefficient (Wildman–Crippen LogP) is 0.901. The molecule has 0 aliphatic rings. The van der Waals surface area contributed by atoms with Crippen molar-refractivity contribution in [3.8, 4) is 0 Å². The van der Waals surface area contributed by atoms with Gasteiger partial charge in [0.25, 0.3) is 5.91 Å². The molecule has 20 heavy (non-hydrogen) atoms. The molecule has 1 aromatic carbocycles. The fraction of sp³-hybridized carbons (Fsp3) is 0.357. The van der Waals surface area contributed by atoms with Gasteiger partial charge in [0.15, 0.2) is 0 Å². The van der Waals surface area contributed by atoms with Crippen molar-refractivity contribution in [2.75, 3.05) is 18.4 Å². The van der Waals surface area contributed by atoms with Crippen LogP contribution < -0.4 is 16.0 Å². The molecule has 1 rings (SSSR count). The van der Waals surface area contributed by atoms with E-state index in [9.17, 15) is 14.4 Å². The summed E-state index contributed by atoms with van der Waals surface area (Å²) >= 11 is 0. The average molecular weight is 277 g/mol. The third-order valence-electron chi connectivity index (χ3n) is 2.43. The monoisotopic (exact) mass is 277 g/mol. The Balaban J connectivity index is 2.55. The lowest BCUT2D eigenvalue weighted by Gasteiger charge is -2.07. The van der Waals surface area contributed by atoms with Gasteiger partial charge in [0.2, 0.25) is 11.8 Å². The number of carbonyl (C=O) groups is 3. The largest absolute Gasteiger partial charge is 0.355 e. The van der Waals surface area contributed by atoms with Gasteiger partial charge in [-0.1, -0.05) is 13.0 Å². The molecule has 6 heteroatoms. The van der Waals surface area contributed by atoms with Gasteiger partial charge in [0.1, 0.15) is 0 Å². The Morgan fingerprint density at radius 3 is 2.55 bits per heavy atom. The Bertz CT molecular complexity index is 500. The molecule has 0 bridgehead atoms. The highest BCUT2D eigenvalue weighted by Crippen LogP contribution is 2.10. The van der Waals surface area contributed by atoms with Gasteiger partial charge < -0.3 is 16.0 Å². The van der Waals surface area contributed by atoms with Crippen molar-refractivity contribution in [3.05, 3.63) is 29.8 Å². The summed E-state index contributed by atoms with van der Waals surface area (Å²) < 4.78 is 0.